The number of carbonyl (C=O) groups is 1. The zero-order chi connectivity index (χ0) is 16.6. The van der Waals surface area contributed by atoms with Crippen molar-refractivity contribution in [2.75, 3.05) is 5.32 Å². The van der Waals surface area contributed by atoms with E-state index in [2.05, 4.69) is 15.4 Å². The van der Waals surface area contributed by atoms with Crippen LogP contribution in [0.3, 0.4) is 0 Å². The standard InChI is InChI=1S/C16H19ClN4O2/c1-16(2,3)23-15(22)19-13-8-14(17)18-9-11(13)12-6-7-21(20-12)10-4-5-10/h6-10H,4-5H2,1-3H3,(H,18,19,22). The summed E-state index contributed by atoms with van der Waals surface area (Å²) in [6.45, 7) is 5.43. The third kappa shape index (κ3) is 4.01. The topological polar surface area (TPSA) is 69.0 Å². The fourth-order valence-corrected chi connectivity index (χ4v) is 2.33. The number of hydrogen-bond donors (Lipinski definition) is 1. The van der Waals surface area contributed by atoms with Crippen molar-refractivity contribution in [3.05, 3.63) is 29.7 Å². The highest BCUT2D eigenvalue weighted by Gasteiger charge is 2.25. The van der Waals surface area contributed by atoms with Gasteiger partial charge in [0.05, 0.1) is 17.4 Å². The van der Waals surface area contributed by atoms with Crippen LogP contribution in [-0.4, -0.2) is 26.5 Å². The molecular formula is C16H19ClN4O2. The van der Waals surface area contributed by atoms with Crippen LogP contribution in [0.1, 0.15) is 39.7 Å². The fraction of sp³-hybridized carbons (Fsp3) is 0.438. The highest BCUT2D eigenvalue weighted by atomic mass is 35.5. The van der Waals surface area contributed by atoms with Crippen LogP contribution in [0.5, 0.6) is 0 Å². The van der Waals surface area contributed by atoms with Crippen molar-refractivity contribution in [2.45, 2.75) is 45.3 Å². The molecule has 3 rings (SSSR count). The number of pyridine rings is 1. The van der Waals surface area contributed by atoms with E-state index in [-0.39, 0.29) is 0 Å². The summed E-state index contributed by atoms with van der Waals surface area (Å²) < 4.78 is 7.23. The van der Waals surface area contributed by atoms with Gasteiger partial charge in [-0.05, 0) is 45.7 Å². The minimum Gasteiger partial charge on any atom is -0.444 e. The van der Waals surface area contributed by atoms with Crippen LogP contribution in [0.15, 0.2) is 24.5 Å². The Labute approximate surface area is 139 Å². The maximum absolute atomic E-state index is 12.0. The normalized spacial score (nSPS) is 14.6. The van der Waals surface area contributed by atoms with Gasteiger partial charge in [-0.15, -0.1) is 0 Å². The van der Waals surface area contributed by atoms with E-state index in [9.17, 15) is 4.79 Å². The predicted molar refractivity (Wildman–Crippen MR) is 88.6 cm³/mol. The van der Waals surface area contributed by atoms with Gasteiger partial charge >= 0.3 is 6.09 Å². The number of amides is 1. The Morgan fingerprint density at radius 3 is 2.83 bits per heavy atom. The van der Waals surface area contributed by atoms with Crippen LogP contribution in [0.2, 0.25) is 5.15 Å². The summed E-state index contributed by atoms with van der Waals surface area (Å²) in [6.07, 6.45) is 5.32. The molecule has 0 bridgehead atoms. The number of hydrogen-bond acceptors (Lipinski definition) is 4. The van der Waals surface area contributed by atoms with Gasteiger partial charge in [0.2, 0.25) is 0 Å². The van der Waals surface area contributed by atoms with Gasteiger partial charge in [-0.1, -0.05) is 11.6 Å². The summed E-state index contributed by atoms with van der Waals surface area (Å²) in [7, 11) is 0. The van der Waals surface area contributed by atoms with Crippen molar-refractivity contribution in [3.63, 3.8) is 0 Å². The van der Waals surface area contributed by atoms with Crippen molar-refractivity contribution in [1.82, 2.24) is 14.8 Å². The largest absolute Gasteiger partial charge is 0.444 e. The average molecular weight is 335 g/mol. The molecule has 2 aromatic heterocycles. The molecule has 0 radical (unpaired) electrons. The number of rotatable bonds is 3. The van der Waals surface area contributed by atoms with Crippen LogP contribution in [0.4, 0.5) is 10.5 Å². The lowest BCUT2D eigenvalue weighted by molar-refractivity contribution is 0.0636. The molecule has 0 unspecified atom stereocenters. The van der Waals surface area contributed by atoms with E-state index in [1.807, 2.05) is 37.7 Å². The zero-order valence-electron chi connectivity index (χ0n) is 13.3. The second-order valence-corrected chi connectivity index (χ2v) is 6.98. The lowest BCUT2D eigenvalue weighted by atomic mass is 10.2. The third-order valence-electron chi connectivity index (χ3n) is 3.31. The van der Waals surface area contributed by atoms with Crippen molar-refractivity contribution < 1.29 is 9.53 Å². The zero-order valence-corrected chi connectivity index (χ0v) is 14.1. The molecule has 1 fully saturated rings. The molecule has 0 atom stereocenters. The van der Waals surface area contributed by atoms with Crippen LogP contribution >= 0.6 is 11.6 Å². The van der Waals surface area contributed by atoms with Crippen molar-refractivity contribution in [3.8, 4) is 11.3 Å². The van der Waals surface area contributed by atoms with Crippen molar-refractivity contribution in [2.24, 2.45) is 0 Å². The quantitative estimate of drug-likeness (QED) is 0.850. The number of halogens is 1. The number of nitrogens with one attached hydrogen (secondary N) is 1. The van der Waals surface area contributed by atoms with Gasteiger partial charge in [0, 0.05) is 18.0 Å². The van der Waals surface area contributed by atoms with Crippen LogP contribution in [0, 0.1) is 0 Å². The second-order valence-electron chi connectivity index (χ2n) is 6.59. The lowest BCUT2D eigenvalue weighted by Gasteiger charge is -2.20. The maximum atomic E-state index is 12.0. The molecule has 0 aromatic carbocycles. The molecule has 1 N–H and O–H groups in total. The third-order valence-corrected chi connectivity index (χ3v) is 3.52. The molecule has 23 heavy (non-hydrogen) atoms. The van der Waals surface area contributed by atoms with E-state index in [0.717, 1.165) is 18.5 Å². The SMILES string of the molecule is CC(C)(C)OC(=O)Nc1cc(Cl)ncc1-c1ccn(C2CC2)n1. The smallest absolute Gasteiger partial charge is 0.412 e. The number of nitrogens with zero attached hydrogens (tertiary/aromatic N) is 3. The first-order chi connectivity index (χ1) is 10.8. The molecule has 1 aliphatic carbocycles. The van der Waals surface area contributed by atoms with Gasteiger partial charge in [0.15, 0.2) is 0 Å². The number of ether oxygens (including phenoxy) is 1. The highest BCUT2D eigenvalue weighted by Crippen LogP contribution is 2.36. The molecular weight excluding hydrogens is 316 g/mol. The van der Waals surface area contributed by atoms with Gasteiger partial charge in [-0.2, -0.15) is 5.10 Å². The molecule has 2 heterocycles. The monoisotopic (exact) mass is 334 g/mol. The first-order valence-corrected chi connectivity index (χ1v) is 7.91. The fourth-order valence-electron chi connectivity index (χ4n) is 2.18. The van der Waals surface area contributed by atoms with E-state index in [0.29, 0.717) is 22.4 Å². The second kappa shape index (κ2) is 5.85. The first kappa shape index (κ1) is 15.8. The Bertz CT molecular complexity index is 732. The first-order valence-electron chi connectivity index (χ1n) is 7.53. The number of anilines is 1. The summed E-state index contributed by atoms with van der Waals surface area (Å²) >= 11 is 5.96. The Hall–Kier alpha value is -2.08. The Balaban J connectivity index is 1.86. The summed E-state index contributed by atoms with van der Waals surface area (Å²) in [6, 6.07) is 3.99. The predicted octanol–water partition coefficient (Wildman–Crippen LogP) is 4.28. The van der Waals surface area contributed by atoms with Crippen LogP contribution in [-0.2, 0) is 4.74 Å². The van der Waals surface area contributed by atoms with E-state index >= 15 is 0 Å². The van der Waals surface area contributed by atoms with E-state index in [1.54, 1.807) is 12.3 Å². The summed E-state index contributed by atoms with van der Waals surface area (Å²) in [5.74, 6) is 0. The van der Waals surface area contributed by atoms with E-state index in [4.69, 9.17) is 16.3 Å². The van der Waals surface area contributed by atoms with Gasteiger partial charge in [-0.25, -0.2) is 9.78 Å². The van der Waals surface area contributed by atoms with Gasteiger partial charge in [-0.3, -0.25) is 10.00 Å². The Morgan fingerprint density at radius 2 is 2.17 bits per heavy atom. The number of carbonyl (C=O) groups excluding carboxylic acids is 1. The lowest BCUT2D eigenvalue weighted by Crippen LogP contribution is -2.27. The van der Waals surface area contributed by atoms with E-state index in [1.165, 1.54) is 0 Å². The van der Waals surface area contributed by atoms with Crippen molar-refractivity contribution >= 4 is 23.4 Å². The van der Waals surface area contributed by atoms with E-state index < -0.39 is 11.7 Å². The molecule has 0 saturated heterocycles. The number of aromatic nitrogens is 3. The highest BCUT2D eigenvalue weighted by molar-refractivity contribution is 6.29. The van der Waals surface area contributed by atoms with Crippen LogP contribution in [0.25, 0.3) is 11.3 Å². The molecule has 0 aliphatic heterocycles. The average Bonchev–Trinajstić information content (AvgIpc) is 3.15. The minimum atomic E-state index is -0.575. The molecule has 0 spiro atoms. The van der Waals surface area contributed by atoms with Gasteiger partial charge in [0.25, 0.3) is 0 Å². The summed E-state index contributed by atoms with van der Waals surface area (Å²) in [5.41, 5.74) is 1.40. The molecule has 7 heteroatoms. The Morgan fingerprint density at radius 1 is 1.43 bits per heavy atom. The molecule has 1 amide bonds. The summed E-state index contributed by atoms with van der Waals surface area (Å²) in [5, 5.41) is 7.57. The molecule has 6 nitrogen and oxygen atoms in total. The Kier molecular flexibility index (Phi) is 4.02. The van der Waals surface area contributed by atoms with Crippen LogP contribution < -0.4 is 5.32 Å². The molecule has 122 valence electrons. The summed E-state index contributed by atoms with van der Waals surface area (Å²) in [4.78, 5) is 16.1. The molecule has 1 aliphatic rings. The molecule has 1 saturated carbocycles. The minimum absolute atomic E-state index is 0.293. The van der Waals surface area contributed by atoms with Gasteiger partial charge < -0.3 is 4.74 Å². The maximum Gasteiger partial charge on any atom is 0.412 e. The van der Waals surface area contributed by atoms with Gasteiger partial charge in [0.1, 0.15) is 10.8 Å². The van der Waals surface area contributed by atoms with Crippen molar-refractivity contribution in [1.29, 1.82) is 0 Å². The molecule has 2 aromatic rings.